The Morgan fingerprint density at radius 2 is 1.76 bits per heavy atom. The quantitative estimate of drug-likeness (QED) is 0.779. The lowest BCUT2D eigenvalue weighted by atomic mass is 10.2. The summed E-state index contributed by atoms with van der Waals surface area (Å²) in [6.07, 6.45) is 0. The van der Waals surface area contributed by atoms with Gasteiger partial charge in [0.2, 0.25) is 0 Å². The minimum Gasteiger partial charge on any atom is -0.321 e. The van der Waals surface area contributed by atoms with Crippen LogP contribution in [0.2, 0.25) is 0 Å². The fourth-order valence-corrected chi connectivity index (χ4v) is 2.73. The molecule has 104 valence electrons. The Morgan fingerprint density at radius 1 is 1.05 bits per heavy atom. The number of carbonyl (C=O) groups is 1. The van der Waals surface area contributed by atoms with Gasteiger partial charge >= 0.3 is 0 Å². The standard InChI is InChI=1S/C17H14N2OS/c1-12-7-9-14(10-8-12)18-16(20)15-11-21-17(19-15)13-5-3-2-4-6-13/h2-11H,1H3,(H,18,20). The molecule has 0 aliphatic rings. The van der Waals surface area contributed by atoms with Crippen LogP contribution in [-0.2, 0) is 0 Å². The van der Waals surface area contributed by atoms with Gasteiger partial charge in [0.25, 0.3) is 5.91 Å². The number of carbonyl (C=O) groups excluding carboxylic acids is 1. The van der Waals surface area contributed by atoms with Crippen LogP contribution in [0.5, 0.6) is 0 Å². The predicted molar refractivity (Wildman–Crippen MR) is 86.7 cm³/mol. The van der Waals surface area contributed by atoms with Crippen molar-refractivity contribution in [2.75, 3.05) is 5.32 Å². The molecule has 3 aromatic rings. The van der Waals surface area contributed by atoms with Crippen LogP contribution < -0.4 is 5.32 Å². The van der Waals surface area contributed by atoms with Crippen molar-refractivity contribution in [2.24, 2.45) is 0 Å². The Kier molecular flexibility index (Phi) is 3.79. The Bertz CT molecular complexity index is 748. The molecule has 0 saturated heterocycles. The van der Waals surface area contributed by atoms with Gasteiger partial charge in [-0.05, 0) is 19.1 Å². The number of anilines is 1. The van der Waals surface area contributed by atoms with Gasteiger partial charge < -0.3 is 5.32 Å². The molecule has 0 spiro atoms. The van der Waals surface area contributed by atoms with Crippen LogP contribution in [0.1, 0.15) is 16.1 Å². The summed E-state index contributed by atoms with van der Waals surface area (Å²) in [6.45, 7) is 2.01. The predicted octanol–water partition coefficient (Wildman–Crippen LogP) is 4.37. The number of hydrogen-bond donors (Lipinski definition) is 1. The van der Waals surface area contributed by atoms with Gasteiger partial charge in [-0.25, -0.2) is 4.98 Å². The third kappa shape index (κ3) is 3.17. The molecule has 1 N–H and O–H groups in total. The number of hydrogen-bond acceptors (Lipinski definition) is 3. The van der Waals surface area contributed by atoms with Gasteiger partial charge in [-0.15, -0.1) is 11.3 Å². The Balaban J connectivity index is 1.77. The van der Waals surface area contributed by atoms with Gasteiger partial charge in [-0.3, -0.25) is 4.79 Å². The van der Waals surface area contributed by atoms with Crippen molar-refractivity contribution < 1.29 is 4.79 Å². The number of rotatable bonds is 3. The maximum absolute atomic E-state index is 12.2. The molecule has 3 rings (SSSR count). The molecule has 21 heavy (non-hydrogen) atoms. The highest BCUT2D eigenvalue weighted by molar-refractivity contribution is 7.13. The Labute approximate surface area is 127 Å². The second kappa shape index (κ2) is 5.89. The highest BCUT2D eigenvalue weighted by atomic mass is 32.1. The number of amides is 1. The molecule has 0 aliphatic carbocycles. The highest BCUT2D eigenvalue weighted by Crippen LogP contribution is 2.23. The van der Waals surface area contributed by atoms with Gasteiger partial charge in [0.1, 0.15) is 10.7 Å². The first-order chi connectivity index (χ1) is 10.2. The molecule has 0 unspecified atom stereocenters. The van der Waals surface area contributed by atoms with E-state index < -0.39 is 0 Å². The summed E-state index contributed by atoms with van der Waals surface area (Å²) < 4.78 is 0. The second-order valence-corrected chi connectivity index (χ2v) is 5.58. The average molecular weight is 294 g/mol. The van der Waals surface area contributed by atoms with Crippen molar-refractivity contribution >= 4 is 22.9 Å². The van der Waals surface area contributed by atoms with E-state index in [9.17, 15) is 4.79 Å². The number of thiazole rings is 1. The molecule has 0 saturated carbocycles. The van der Waals surface area contributed by atoms with E-state index >= 15 is 0 Å². The molecule has 3 nitrogen and oxygen atoms in total. The van der Waals surface area contributed by atoms with Crippen LogP contribution in [0, 0.1) is 6.92 Å². The summed E-state index contributed by atoms with van der Waals surface area (Å²) in [5.41, 5.74) is 3.41. The molecular weight excluding hydrogens is 280 g/mol. The van der Waals surface area contributed by atoms with Crippen LogP contribution in [0.15, 0.2) is 60.0 Å². The van der Waals surface area contributed by atoms with E-state index in [-0.39, 0.29) is 5.91 Å². The van der Waals surface area contributed by atoms with Crippen molar-refractivity contribution in [3.63, 3.8) is 0 Å². The number of nitrogens with zero attached hydrogens (tertiary/aromatic N) is 1. The smallest absolute Gasteiger partial charge is 0.275 e. The van der Waals surface area contributed by atoms with Crippen molar-refractivity contribution in [1.29, 1.82) is 0 Å². The third-order valence-electron chi connectivity index (χ3n) is 3.07. The van der Waals surface area contributed by atoms with Gasteiger partial charge in [0.15, 0.2) is 0 Å². The summed E-state index contributed by atoms with van der Waals surface area (Å²) in [7, 11) is 0. The van der Waals surface area contributed by atoms with Gasteiger partial charge in [0.05, 0.1) is 0 Å². The average Bonchev–Trinajstić information content (AvgIpc) is 3.00. The number of benzene rings is 2. The zero-order valence-corrected chi connectivity index (χ0v) is 12.4. The van der Waals surface area contributed by atoms with Crippen LogP contribution in [0.25, 0.3) is 10.6 Å². The van der Waals surface area contributed by atoms with Crippen molar-refractivity contribution in [2.45, 2.75) is 6.92 Å². The normalized spacial score (nSPS) is 10.3. The molecule has 0 bridgehead atoms. The minimum atomic E-state index is -0.183. The molecular formula is C17H14N2OS. The molecule has 0 radical (unpaired) electrons. The third-order valence-corrected chi connectivity index (χ3v) is 3.96. The molecule has 1 amide bonds. The minimum absolute atomic E-state index is 0.183. The largest absolute Gasteiger partial charge is 0.321 e. The first kappa shape index (κ1) is 13.5. The Hall–Kier alpha value is -2.46. The first-order valence-electron chi connectivity index (χ1n) is 6.61. The SMILES string of the molecule is Cc1ccc(NC(=O)c2csc(-c3ccccc3)n2)cc1. The van der Waals surface area contributed by atoms with Crippen LogP contribution in [0.3, 0.4) is 0 Å². The van der Waals surface area contributed by atoms with E-state index in [2.05, 4.69) is 10.3 Å². The van der Waals surface area contributed by atoms with Crippen molar-refractivity contribution in [1.82, 2.24) is 4.98 Å². The topological polar surface area (TPSA) is 42.0 Å². The van der Waals surface area contributed by atoms with E-state index in [0.29, 0.717) is 5.69 Å². The maximum atomic E-state index is 12.2. The summed E-state index contributed by atoms with van der Waals surface area (Å²) >= 11 is 1.47. The number of nitrogens with one attached hydrogen (secondary N) is 1. The van der Waals surface area contributed by atoms with Crippen molar-refractivity contribution in [3.8, 4) is 10.6 Å². The molecule has 2 aromatic carbocycles. The second-order valence-electron chi connectivity index (χ2n) is 4.72. The fourth-order valence-electron chi connectivity index (χ4n) is 1.92. The fraction of sp³-hybridized carbons (Fsp3) is 0.0588. The lowest BCUT2D eigenvalue weighted by Crippen LogP contribution is -2.12. The van der Waals surface area contributed by atoms with Gasteiger partial charge in [0, 0.05) is 16.6 Å². The zero-order valence-electron chi connectivity index (χ0n) is 11.5. The van der Waals surface area contributed by atoms with E-state index in [0.717, 1.165) is 21.8 Å². The first-order valence-corrected chi connectivity index (χ1v) is 7.49. The lowest BCUT2D eigenvalue weighted by molar-refractivity contribution is 0.102. The van der Waals surface area contributed by atoms with E-state index in [1.807, 2.05) is 61.5 Å². The van der Waals surface area contributed by atoms with E-state index in [4.69, 9.17) is 0 Å². The van der Waals surface area contributed by atoms with E-state index in [1.165, 1.54) is 11.3 Å². The van der Waals surface area contributed by atoms with E-state index in [1.54, 1.807) is 5.38 Å². The molecule has 1 heterocycles. The molecule has 0 fully saturated rings. The highest BCUT2D eigenvalue weighted by Gasteiger charge is 2.11. The van der Waals surface area contributed by atoms with Crippen LogP contribution in [0.4, 0.5) is 5.69 Å². The summed E-state index contributed by atoms with van der Waals surface area (Å²) in [5, 5.41) is 5.49. The maximum Gasteiger partial charge on any atom is 0.275 e. The Morgan fingerprint density at radius 3 is 2.48 bits per heavy atom. The number of aromatic nitrogens is 1. The molecule has 0 aliphatic heterocycles. The summed E-state index contributed by atoms with van der Waals surface area (Å²) in [5.74, 6) is -0.183. The molecule has 0 atom stereocenters. The van der Waals surface area contributed by atoms with Gasteiger partial charge in [-0.2, -0.15) is 0 Å². The molecule has 1 aromatic heterocycles. The summed E-state index contributed by atoms with van der Waals surface area (Å²) in [4.78, 5) is 16.6. The molecule has 4 heteroatoms. The van der Waals surface area contributed by atoms with Gasteiger partial charge in [-0.1, -0.05) is 48.0 Å². The van der Waals surface area contributed by atoms with Crippen LogP contribution in [-0.4, -0.2) is 10.9 Å². The van der Waals surface area contributed by atoms with Crippen LogP contribution >= 0.6 is 11.3 Å². The van der Waals surface area contributed by atoms with Crippen molar-refractivity contribution in [3.05, 3.63) is 71.2 Å². The zero-order chi connectivity index (χ0) is 14.7. The lowest BCUT2D eigenvalue weighted by Gasteiger charge is -2.03. The summed E-state index contributed by atoms with van der Waals surface area (Å²) in [6, 6.07) is 17.6. The monoisotopic (exact) mass is 294 g/mol. The number of aryl methyl sites for hydroxylation is 1.